The van der Waals surface area contributed by atoms with Crippen LogP contribution in [-0.4, -0.2) is 36.4 Å². The molecule has 1 heterocycles. The van der Waals surface area contributed by atoms with Crippen LogP contribution in [0.4, 0.5) is 24.9 Å². The Balaban J connectivity index is 2.77. The van der Waals surface area contributed by atoms with Gasteiger partial charge in [0, 0.05) is 18.4 Å². The minimum Gasteiger partial charge on any atom is -0.369 e. The number of nitrogens with zero attached hydrogens (tertiary/aromatic N) is 2. The molecular weight excluding hydrogens is 285 g/mol. The molecule has 0 aliphatic rings. The molecule has 0 atom stereocenters. The van der Waals surface area contributed by atoms with Crippen molar-refractivity contribution in [2.45, 2.75) is 13.1 Å². The largest absolute Gasteiger partial charge is 0.433 e. The lowest BCUT2D eigenvalue weighted by molar-refractivity contribution is -0.141. The summed E-state index contributed by atoms with van der Waals surface area (Å²) in [6.07, 6.45) is -4.64. The zero-order chi connectivity index (χ0) is 14.7. The van der Waals surface area contributed by atoms with E-state index in [4.69, 9.17) is 5.73 Å². The van der Waals surface area contributed by atoms with E-state index in [9.17, 15) is 21.6 Å². The standard InChI is InChI=1S/C9H13F3N4O2S/c1-2-19(17,18)4-3-14-7-5-6(9(10,11)12)15-8(13)16-7/h5H,2-4H2,1H3,(H3,13,14,15,16). The zero-order valence-electron chi connectivity index (χ0n) is 10.0. The van der Waals surface area contributed by atoms with Crippen molar-refractivity contribution in [1.82, 2.24) is 9.97 Å². The third-order valence-corrected chi connectivity index (χ3v) is 3.90. The van der Waals surface area contributed by atoms with Crippen molar-refractivity contribution in [2.75, 3.05) is 29.1 Å². The summed E-state index contributed by atoms with van der Waals surface area (Å²) in [6.45, 7) is 1.43. The highest BCUT2D eigenvalue weighted by Gasteiger charge is 2.33. The molecule has 6 nitrogen and oxygen atoms in total. The molecule has 0 spiro atoms. The molecule has 3 N–H and O–H groups in total. The number of hydrogen-bond acceptors (Lipinski definition) is 6. The number of aromatic nitrogens is 2. The molecule has 0 radical (unpaired) electrons. The van der Waals surface area contributed by atoms with Crippen LogP contribution in [0.15, 0.2) is 6.07 Å². The van der Waals surface area contributed by atoms with Gasteiger partial charge in [0.15, 0.2) is 15.5 Å². The van der Waals surface area contributed by atoms with Gasteiger partial charge >= 0.3 is 6.18 Å². The molecule has 0 aliphatic carbocycles. The second-order valence-electron chi connectivity index (χ2n) is 3.66. The summed E-state index contributed by atoms with van der Waals surface area (Å²) >= 11 is 0. The van der Waals surface area contributed by atoms with Gasteiger partial charge in [-0.15, -0.1) is 0 Å². The van der Waals surface area contributed by atoms with Crippen molar-refractivity contribution >= 4 is 21.6 Å². The van der Waals surface area contributed by atoms with Gasteiger partial charge in [0.2, 0.25) is 5.95 Å². The highest BCUT2D eigenvalue weighted by molar-refractivity contribution is 7.91. The van der Waals surface area contributed by atoms with Crippen molar-refractivity contribution in [1.29, 1.82) is 0 Å². The van der Waals surface area contributed by atoms with E-state index in [1.165, 1.54) is 6.92 Å². The van der Waals surface area contributed by atoms with Crippen LogP contribution in [-0.2, 0) is 16.0 Å². The molecule has 1 rings (SSSR count). The van der Waals surface area contributed by atoms with E-state index in [2.05, 4.69) is 15.3 Å². The van der Waals surface area contributed by atoms with Crippen LogP contribution in [0, 0.1) is 0 Å². The number of alkyl halides is 3. The van der Waals surface area contributed by atoms with Crippen LogP contribution >= 0.6 is 0 Å². The minimum atomic E-state index is -4.64. The first-order valence-corrected chi connectivity index (χ1v) is 7.12. The number of nitrogens with two attached hydrogens (primary N) is 1. The van der Waals surface area contributed by atoms with E-state index in [-0.39, 0.29) is 23.9 Å². The summed E-state index contributed by atoms with van der Waals surface area (Å²) in [5.41, 5.74) is 3.98. The Kier molecular flexibility index (Phi) is 4.56. The lowest BCUT2D eigenvalue weighted by Crippen LogP contribution is -2.19. The fourth-order valence-electron chi connectivity index (χ4n) is 1.18. The summed E-state index contributed by atoms with van der Waals surface area (Å²) in [4.78, 5) is 6.62. The van der Waals surface area contributed by atoms with Crippen molar-refractivity contribution < 1.29 is 21.6 Å². The van der Waals surface area contributed by atoms with Crippen LogP contribution in [0.1, 0.15) is 12.6 Å². The van der Waals surface area contributed by atoms with Gasteiger partial charge in [0.05, 0.1) is 5.75 Å². The molecule has 10 heteroatoms. The summed E-state index contributed by atoms with van der Waals surface area (Å²) < 4.78 is 59.7. The van der Waals surface area contributed by atoms with Crippen LogP contribution < -0.4 is 11.1 Å². The van der Waals surface area contributed by atoms with Crippen molar-refractivity contribution in [3.05, 3.63) is 11.8 Å². The number of nitrogen functional groups attached to an aromatic ring is 1. The second kappa shape index (κ2) is 5.59. The molecule has 0 amide bonds. The third-order valence-electron chi connectivity index (χ3n) is 2.19. The third kappa shape index (κ3) is 4.89. The first-order chi connectivity index (χ1) is 8.64. The number of rotatable bonds is 5. The Labute approximate surface area is 108 Å². The normalized spacial score (nSPS) is 12.4. The average molecular weight is 298 g/mol. The number of anilines is 2. The van der Waals surface area contributed by atoms with E-state index >= 15 is 0 Å². The maximum atomic E-state index is 12.4. The van der Waals surface area contributed by atoms with E-state index in [1.54, 1.807) is 0 Å². The molecule has 0 aliphatic heterocycles. The molecule has 0 aromatic carbocycles. The summed E-state index contributed by atoms with van der Waals surface area (Å²) in [6, 6.07) is 0.676. The molecule has 0 saturated heterocycles. The Morgan fingerprint density at radius 1 is 1.37 bits per heavy atom. The van der Waals surface area contributed by atoms with Gasteiger partial charge in [-0.1, -0.05) is 6.92 Å². The predicted molar refractivity (Wildman–Crippen MR) is 64.3 cm³/mol. The number of hydrogen-bond donors (Lipinski definition) is 2. The topological polar surface area (TPSA) is 98.0 Å². The number of halogens is 3. The fourth-order valence-corrected chi connectivity index (χ4v) is 1.88. The fraction of sp³-hybridized carbons (Fsp3) is 0.556. The minimum absolute atomic E-state index is 0.0333. The molecule has 0 unspecified atom stereocenters. The second-order valence-corrected chi connectivity index (χ2v) is 6.13. The van der Waals surface area contributed by atoms with Crippen LogP contribution in [0.25, 0.3) is 0 Å². The Morgan fingerprint density at radius 3 is 2.53 bits per heavy atom. The van der Waals surface area contributed by atoms with Gasteiger partial charge in [-0.05, 0) is 0 Å². The van der Waals surface area contributed by atoms with E-state index < -0.39 is 27.7 Å². The van der Waals surface area contributed by atoms with E-state index in [1.807, 2.05) is 0 Å². The van der Waals surface area contributed by atoms with Gasteiger partial charge in [0.1, 0.15) is 5.82 Å². The maximum absolute atomic E-state index is 12.4. The molecule has 0 fully saturated rings. The number of nitrogens with one attached hydrogen (secondary N) is 1. The molecular formula is C9H13F3N4O2S. The molecule has 108 valence electrons. The van der Waals surface area contributed by atoms with Crippen LogP contribution in [0.3, 0.4) is 0 Å². The van der Waals surface area contributed by atoms with Crippen molar-refractivity contribution in [2.24, 2.45) is 0 Å². The predicted octanol–water partition coefficient (Wildman–Crippen LogP) is 0.924. The van der Waals surface area contributed by atoms with Gasteiger partial charge < -0.3 is 11.1 Å². The van der Waals surface area contributed by atoms with E-state index in [0.717, 1.165) is 0 Å². The van der Waals surface area contributed by atoms with Crippen molar-refractivity contribution in [3.8, 4) is 0 Å². The summed E-state index contributed by atoms with van der Waals surface area (Å²) in [5, 5.41) is 2.48. The lowest BCUT2D eigenvalue weighted by atomic mass is 10.4. The highest BCUT2D eigenvalue weighted by Crippen LogP contribution is 2.29. The Hall–Kier alpha value is -1.58. The molecule has 19 heavy (non-hydrogen) atoms. The van der Waals surface area contributed by atoms with Gasteiger partial charge in [-0.3, -0.25) is 0 Å². The zero-order valence-corrected chi connectivity index (χ0v) is 10.8. The Morgan fingerprint density at radius 2 is 2.00 bits per heavy atom. The van der Waals surface area contributed by atoms with Gasteiger partial charge in [0.25, 0.3) is 0 Å². The quantitative estimate of drug-likeness (QED) is 0.839. The average Bonchev–Trinajstić information content (AvgIpc) is 2.27. The molecule has 1 aromatic heterocycles. The molecule has 0 saturated carbocycles. The van der Waals surface area contributed by atoms with Gasteiger partial charge in [-0.2, -0.15) is 18.2 Å². The van der Waals surface area contributed by atoms with Crippen LogP contribution in [0.5, 0.6) is 0 Å². The first-order valence-electron chi connectivity index (χ1n) is 5.30. The van der Waals surface area contributed by atoms with E-state index in [0.29, 0.717) is 6.07 Å². The lowest BCUT2D eigenvalue weighted by Gasteiger charge is -2.10. The van der Waals surface area contributed by atoms with Crippen LogP contribution in [0.2, 0.25) is 0 Å². The maximum Gasteiger partial charge on any atom is 0.433 e. The molecule has 1 aromatic rings. The first kappa shape index (κ1) is 15.5. The highest BCUT2D eigenvalue weighted by atomic mass is 32.2. The SMILES string of the molecule is CCS(=O)(=O)CCNc1cc(C(F)(F)F)nc(N)n1. The molecule has 0 bridgehead atoms. The summed E-state index contributed by atoms with van der Waals surface area (Å²) in [7, 11) is -3.20. The smallest absolute Gasteiger partial charge is 0.369 e. The van der Waals surface area contributed by atoms with Crippen molar-refractivity contribution in [3.63, 3.8) is 0 Å². The summed E-state index contributed by atoms with van der Waals surface area (Å²) in [5.74, 6) is -0.926. The Bertz CT molecular complexity index is 545. The monoisotopic (exact) mass is 298 g/mol. The number of sulfone groups is 1. The van der Waals surface area contributed by atoms with Gasteiger partial charge in [-0.25, -0.2) is 13.4 Å².